The maximum Gasteiger partial charge on any atom is 0.153 e. The zero-order valence-corrected chi connectivity index (χ0v) is 9.29. The summed E-state index contributed by atoms with van der Waals surface area (Å²) < 4.78 is 4.45. The third-order valence-corrected chi connectivity index (χ3v) is 0.621. The van der Waals surface area contributed by atoms with Crippen LogP contribution in [-0.2, 0) is 4.74 Å². The summed E-state index contributed by atoms with van der Waals surface area (Å²) in [5, 5.41) is 8.44. The Bertz CT molecular complexity index is 28.9. The van der Waals surface area contributed by atoms with Crippen LogP contribution >= 0.6 is 0 Å². The second-order valence-electron chi connectivity index (χ2n) is 1.10. The van der Waals surface area contributed by atoms with Crippen LogP contribution < -0.4 is 0 Å². The van der Waals surface area contributed by atoms with Crippen molar-refractivity contribution in [3.63, 3.8) is 0 Å². The standard InChI is InChI=1S/C4H10O2.Ba/c1-3-4(5)6-2;/h4-5H,3H2,1-2H3;. The molecule has 0 aromatic heterocycles. The summed E-state index contributed by atoms with van der Waals surface area (Å²) in [5.41, 5.74) is 0. The predicted octanol–water partition coefficient (Wildman–Crippen LogP) is -0.0196. The molecule has 0 heterocycles. The predicted molar refractivity (Wildman–Crippen MR) is 29.1 cm³/mol. The molecule has 1 N–H and O–H groups in total. The Morgan fingerprint density at radius 2 is 2.14 bits per heavy atom. The summed E-state index contributed by atoms with van der Waals surface area (Å²) in [6.45, 7) is 1.86. The Labute approximate surface area is 84.3 Å². The fraction of sp³-hybridized carbons (Fsp3) is 1.00. The van der Waals surface area contributed by atoms with E-state index in [4.69, 9.17) is 5.11 Å². The van der Waals surface area contributed by atoms with Gasteiger partial charge in [-0.1, -0.05) is 6.92 Å². The number of aliphatic hydroxyl groups excluding tert-OH is 1. The SMILES string of the molecule is CCC(O)OC.[Ba]. The maximum atomic E-state index is 8.44. The van der Waals surface area contributed by atoms with Crippen molar-refractivity contribution in [1.29, 1.82) is 0 Å². The number of hydrogen-bond acceptors (Lipinski definition) is 2. The molecule has 0 aliphatic carbocycles. The molecule has 0 saturated carbocycles. The van der Waals surface area contributed by atoms with Crippen LogP contribution in [0.25, 0.3) is 0 Å². The molecule has 2 radical (unpaired) electrons. The molecule has 40 valence electrons. The van der Waals surface area contributed by atoms with Crippen LogP contribution in [0.15, 0.2) is 0 Å². The van der Waals surface area contributed by atoms with E-state index >= 15 is 0 Å². The molecule has 0 saturated heterocycles. The molecular weight excluding hydrogens is 217 g/mol. The molecule has 0 bridgehead atoms. The third kappa shape index (κ3) is 7.49. The Morgan fingerprint density at radius 1 is 1.71 bits per heavy atom. The number of aliphatic hydroxyl groups is 1. The van der Waals surface area contributed by atoms with Crippen molar-refractivity contribution in [2.24, 2.45) is 0 Å². The van der Waals surface area contributed by atoms with Crippen LogP contribution in [0.1, 0.15) is 13.3 Å². The Kier molecular flexibility index (Phi) is 12.1. The fourth-order valence-electron chi connectivity index (χ4n) is 0.167. The minimum atomic E-state index is -0.565. The van der Waals surface area contributed by atoms with Gasteiger partial charge in [0, 0.05) is 56.0 Å². The van der Waals surface area contributed by atoms with Crippen molar-refractivity contribution in [1.82, 2.24) is 0 Å². The van der Waals surface area contributed by atoms with Crippen molar-refractivity contribution in [2.45, 2.75) is 19.6 Å². The summed E-state index contributed by atoms with van der Waals surface area (Å²) in [6, 6.07) is 0. The molecule has 0 aliphatic rings. The first-order valence-corrected chi connectivity index (χ1v) is 2.02. The van der Waals surface area contributed by atoms with Crippen LogP contribution in [0.5, 0.6) is 0 Å². The van der Waals surface area contributed by atoms with Gasteiger partial charge in [0.05, 0.1) is 0 Å². The van der Waals surface area contributed by atoms with Gasteiger partial charge in [-0.05, 0) is 6.42 Å². The van der Waals surface area contributed by atoms with Gasteiger partial charge in [-0.3, -0.25) is 0 Å². The van der Waals surface area contributed by atoms with Crippen LogP contribution in [-0.4, -0.2) is 67.4 Å². The van der Waals surface area contributed by atoms with E-state index < -0.39 is 6.29 Å². The van der Waals surface area contributed by atoms with E-state index in [-0.39, 0.29) is 48.9 Å². The zero-order valence-electron chi connectivity index (χ0n) is 4.85. The zero-order chi connectivity index (χ0) is 4.99. The molecule has 0 rings (SSSR count). The maximum absolute atomic E-state index is 8.44. The second-order valence-corrected chi connectivity index (χ2v) is 1.10. The fourth-order valence-corrected chi connectivity index (χ4v) is 0.167. The second kappa shape index (κ2) is 7.49. The van der Waals surface area contributed by atoms with Crippen molar-refractivity contribution in [3.05, 3.63) is 0 Å². The quantitative estimate of drug-likeness (QED) is 0.531. The van der Waals surface area contributed by atoms with Crippen molar-refractivity contribution in [2.75, 3.05) is 7.11 Å². The molecule has 1 atom stereocenters. The summed E-state index contributed by atoms with van der Waals surface area (Å²) in [6.07, 6.45) is 0.0984. The van der Waals surface area contributed by atoms with Crippen molar-refractivity contribution in [3.8, 4) is 0 Å². The van der Waals surface area contributed by atoms with Gasteiger partial charge in [0.25, 0.3) is 0 Å². The third-order valence-electron chi connectivity index (χ3n) is 0.621. The molecule has 2 nitrogen and oxygen atoms in total. The molecular formula is C4H10BaO2. The first kappa shape index (κ1) is 11.3. The summed E-state index contributed by atoms with van der Waals surface area (Å²) in [5.74, 6) is 0. The number of hydrogen-bond donors (Lipinski definition) is 1. The normalized spacial score (nSPS) is 12.4. The Balaban J connectivity index is 0. The van der Waals surface area contributed by atoms with E-state index in [2.05, 4.69) is 4.74 Å². The molecule has 0 aromatic carbocycles. The van der Waals surface area contributed by atoms with E-state index in [1.165, 1.54) is 7.11 Å². The molecule has 0 fully saturated rings. The average Bonchev–Trinajstić information content (AvgIpc) is 1.65. The molecule has 0 aliphatic heterocycles. The van der Waals surface area contributed by atoms with Crippen LogP contribution in [0.2, 0.25) is 0 Å². The van der Waals surface area contributed by atoms with Gasteiger partial charge in [-0.25, -0.2) is 0 Å². The minimum Gasteiger partial charge on any atom is -0.368 e. The largest absolute Gasteiger partial charge is 0.368 e. The number of rotatable bonds is 2. The molecule has 3 heteroatoms. The Morgan fingerprint density at radius 3 is 2.14 bits per heavy atom. The van der Waals surface area contributed by atoms with E-state index in [1.54, 1.807) is 0 Å². The first-order chi connectivity index (χ1) is 2.81. The Hall–Kier alpha value is 1.49. The van der Waals surface area contributed by atoms with E-state index in [9.17, 15) is 0 Å². The van der Waals surface area contributed by atoms with Crippen molar-refractivity contribution < 1.29 is 9.84 Å². The van der Waals surface area contributed by atoms with Gasteiger partial charge in [-0.2, -0.15) is 0 Å². The topological polar surface area (TPSA) is 29.5 Å². The van der Waals surface area contributed by atoms with E-state index in [0.29, 0.717) is 6.42 Å². The van der Waals surface area contributed by atoms with Crippen LogP contribution in [0.4, 0.5) is 0 Å². The molecule has 0 amide bonds. The van der Waals surface area contributed by atoms with Gasteiger partial charge in [0.15, 0.2) is 6.29 Å². The monoisotopic (exact) mass is 228 g/mol. The number of methoxy groups -OCH3 is 1. The van der Waals surface area contributed by atoms with Gasteiger partial charge < -0.3 is 9.84 Å². The first-order valence-electron chi connectivity index (χ1n) is 2.02. The van der Waals surface area contributed by atoms with Crippen LogP contribution in [0.3, 0.4) is 0 Å². The molecule has 0 aromatic rings. The van der Waals surface area contributed by atoms with Crippen LogP contribution in [0, 0.1) is 0 Å². The number of ether oxygens (including phenoxy) is 1. The van der Waals surface area contributed by atoms with Gasteiger partial charge >= 0.3 is 0 Å². The molecule has 0 spiro atoms. The summed E-state index contributed by atoms with van der Waals surface area (Å²) >= 11 is 0. The van der Waals surface area contributed by atoms with Gasteiger partial charge in [-0.15, -0.1) is 0 Å². The smallest absolute Gasteiger partial charge is 0.153 e. The molecule has 7 heavy (non-hydrogen) atoms. The van der Waals surface area contributed by atoms with E-state index in [1.807, 2.05) is 6.92 Å². The summed E-state index contributed by atoms with van der Waals surface area (Å²) in [4.78, 5) is 0. The molecule has 1 unspecified atom stereocenters. The average molecular weight is 227 g/mol. The minimum absolute atomic E-state index is 0. The van der Waals surface area contributed by atoms with Gasteiger partial charge in [0.1, 0.15) is 0 Å². The van der Waals surface area contributed by atoms with Crippen molar-refractivity contribution >= 4 is 48.9 Å². The van der Waals surface area contributed by atoms with Gasteiger partial charge in [0.2, 0.25) is 0 Å². The van der Waals surface area contributed by atoms with E-state index in [0.717, 1.165) is 0 Å². The summed E-state index contributed by atoms with van der Waals surface area (Å²) in [7, 11) is 1.48.